The molecule has 12 heteroatoms. The number of carbonyl (C=O) groups excluding carboxylic acids is 4. The first-order chi connectivity index (χ1) is 17.8. The summed E-state index contributed by atoms with van der Waals surface area (Å²) in [5.74, 6) is -3.13. The van der Waals surface area contributed by atoms with Crippen molar-refractivity contribution in [1.29, 1.82) is 0 Å². The molecule has 1 fully saturated rings. The highest BCUT2D eigenvalue weighted by atomic mass is 16.6. The van der Waals surface area contributed by atoms with Crippen LogP contribution in [0.1, 0.15) is 54.3 Å². The first kappa shape index (κ1) is 28.1. The normalized spacial score (nSPS) is 19.8. The Bertz CT molecular complexity index is 1280. The third-order valence-electron chi connectivity index (χ3n) is 7.44. The predicted molar refractivity (Wildman–Crippen MR) is 131 cm³/mol. The van der Waals surface area contributed by atoms with Gasteiger partial charge in [-0.25, -0.2) is 0 Å². The maximum Gasteiger partial charge on any atom is 0.312 e. The highest BCUT2D eigenvalue weighted by Crippen LogP contribution is 2.56. The fourth-order valence-electron chi connectivity index (χ4n) is 4.51. The van der Waals surface area contributed by atoms with Crippen molar-refractivity contribution in [3.05, 3.63) is 79.9 Å². The number of nitro groups is 2. The molecule has 38 heavy (non-hydrogen) atoms. The lowest BCUT2D eigenvalue weighted by atomic mass is 9.65. The van der Waals surface area contributed by atoms with E-state index in [4.69, 9.17) is 9.47 Å². The first-order valence-corrected chi connectivity index (χ1v) is 11.7. The number of carbonyl (C=O) groups is 4. The van der Waals surface area contributed by atoms with Gasteiger partial charge in [-0.1, -0.05) is 13.8 Å². The Morgan fingerprint density at radius 2 is 1.21 bits per heavy atom. The standard InChI is InChI=1S/C26H26N2O10/c1-25(2)20(23(31)37-14-21(29)16-4-8-18(9-5-16)27(33)34)12-13-26(25,3)24(32)38-15-22(30)17-6-10-19(11-7-17)28(35)36/h4-11,20H,12-15H2,1-3H3/t20-,26+/m0/s1. The number of benzene rings is 2. The van der Waals surface area contributed by atoms with E-state index in [1.54, 1.807) is 20.8 Å². The fourth-order valence-corrected chi connectivity index (χ4v) is 4.51. The second-order valence-electron chi connectivity index (χ2n) is 9.78. The van der Waals surface area contributed by atoms with Crippen LogP contribution in [0.5, 0.6) is 0 Å². The SMILES string of the molecule is CC1(C)[C@H](C(=O)OCC(=O)c2ccc([N+](=O)[O-])cc2)CC[C@]1(C)C(=O)OCC(=O)c1ccc([N+](=O)[O-])cc1. The van der Waals surface area contributed by atoms with Crippen molar-refractivity contribution < 1.29 is 38.5 Å². The average Bonchev–Trinajstić information content (AvgIpc) is 3.14. The number of esters is 2. The van der Waals surface area contributed by atoms with Crippen LogP contribution in [-0.4, -0.2) is 46.6 Å². The van der Waals surface area contributed by atoms with Crippen LogP contribution >= 0.6 is 0 Å². The van der Waals surface area contributed by atoms with Crippen LogP contribution in [0.2, 0.25) is 0 Å². The van der Waals surface area contributed by atoms with Crippen LogP contribution in [0.25, 0.3) is 0 Å². The Labute approximate surface area is 217 Å². The van der Waals surface area contributed by atoms with Crippen LogP contribution in [0.3, 0.4) is 0 Å². The maximum absolute atomic E-state index is 13.0. The van der Waals surface area contributed by atoms with Crippen molar-refractivity contribution in [1.82, 2.24) is 0 Å². The van der Waals surface area contributed by atoms with E-state index in [0.717, 1.165) is 0 Å². The molecule has 200 valence electrons. The molecule has 0 unspecified atom stereocenters. The van der Waals surface area contributed by atoms with E-state index in [-0.39, 0.29) is 28.9 Å². The Morgan fingerprint density at radius 1 is 0.789 bits per heavy atom. The number of non-ortho nitro benzene ring substituents is 2. The van der Waals surface area contributed by atoms with Gasteiger partial charge < -0.3 is 9.47 Å². The van der Waals surface area contributed by atoms with Gasteiger partial charge in [0.25, 0.3) is 11.4 Å². The first-order valence-electron chi connectivity index (χ1n) is 11.7. The molecular formula is C26H26N2O10. The molecule has 1 aliphatic rings. The summed E-state index contributed by atoms with van der Waals surface area (Å²) in [5.41, 5.74) is -2.11. The molecule has 0 aliphatic heterocycles. The minimum Gasteiger partial charge on any atom is -0.457 e. The zero-order valence-electron chi connectivity index (χ0n) is 21.0. The van der Waals surface area contributed by atoms with Crippen LogP contribution in [0, 0.1) is 37.0 Å². The molecule has 0 radical (unpaired) electrons. The molecule has 3 rings (SSSR count). The molecule has 0 saturated heterocycles. The number of hydrogen-bond donors (Lipinski definition) is 0. The zero-order chi connectivity index (χ0) is 28.3. The quantitative estimate of drug-likeness (QED) is 0.190. The Morgan fingerprint density at radius 3 is 1.63 bits per heavy atom. The Hall–Kier alpha value is -4.48. The highest BCUT2D eigenvalue weighted by molar-refractivity contribution is 5.99. The molecule has 2 atom stereocenters. The number of nitrogens with zero attached hydrogens (tertiary/aromatic N) is 2. The molecule has 0 aromatic heterocycles. The molecule has 1 aliphatic carbocycles. The summed E-state index contributed by atoms with van der Waals surface area (Å²) in [6, 6.07) is 9.83. The summed E-state index contributed by atoms with van der Waals surface area (Å²) in [6.07, 6.45) is 0.570. The van der Waals surface area contributed by atoms with E-state index in [1.165, 1.54) is 48.5 Å². The summed E-state index contributed by atoms with van der Waals surface area (Å²) >= 11 is 0. The van der Waals surface area contributed by atoms with Gasteiger partial charge in [0.1, 0.15) is 0 Å². The van der Waals surface area contributed by atoms with E-state index < -0.39 is 63.3 Å². The molecule has 0 N–H and O–H groups in total. The van der Waals surface area contributed by atoms with Crippen molar-refractivity contribution in [3.63, 3.8) is 0 Å². The topological polar surface area (TPSA) is 173 Å². The number of hydrogen-bond acceptors (Lipinski definition) is 10. The number of ketones is 2. The number of Topliss-reactive ketones (excluding diaryl/α,β-unsaturated/α-hetero) is 2. The summed E-state index contributed by atoms with van der Waals surface area (Å²) in [4.78, 5) is 71.0. The molecule has 2 aromatic rings. The second kappa shape index (κ2) is 10.9. The van der Waals surface area contributed by atoms with Crippen molar-refractivity contribution in [2.45, 2.75) is 33.6 Å². The molecule has 0 amide bonds. The van der Waals surface area contributed by atoms with Crippen molar-refractivity contribution in [3.8, 4) is 0 Å². The number of rotatable bonds is 10. The average molecular weight is 526 g/mol. The van der Waals surface area contributed by atoms with Gasteiger partial charge in [-0.3, -0.25) is 39.4 Å². The smallest absolute Gasteiger partial charge is 0.312 e. The van der Waals surface area contributed by atoms with Crippen LogP contribution in [-0.2, 0) is 19.1 Å². The highest BCUT2D eigenvalue weighted by Gasteiger charge is 2.59. The molecular weight excluding hydrogens is 500 g/mol. The van der Waals surface area contributed by atoms with Gasteiger partial charge in [0, 0.05) is 35.4 Å². The minimum absolute atomic E-state index is 0.151. The molecule has 12 nitrogen and oxygen atoms in total. The number of nitro benzene ring substituents is 2. The van der Waals surface area contributed by atoms with Gasteiger partial charge in [-0.05, 0) is 49.4 Å². The Balaban J connectivity index is 1.58. The summed E-state index contributed by atoms with van der Waals surface area (Å²) in [7, 11) is 0. The largest absolute Gasteiger partial charge is 0.457 e. The lowest BCUT2D eigenvalue weighted by Gasteiger charge is -2.38. The third kappa shape index (κ3) is 5.58. The molecule has 0 heterocycles. The summed E-state index contributed by atoms with van der Waals surface area (Å²) in [5, 5.41) is 21.5. The minimum atomic E-state index is -1.13. The van der Waals surface area contributed by atoms with Gasteiger partial charge in [0.2, 0.25) is 0 Å². The lowest BCUT2D eigenvalue weighted by molar-refractivity contribution is -0.385. The van der Waals surface area contributed by atoms with E-state index >= 15 is 0 Å². The van der Waals surface area contributed by atoms with E-state index in [9.17, 15) is 39.4 Å². The maximum atomic E-state index is 13.0. The van der Waals surface area contributed by atoms with E-state index in [2.05, 4.69) is 0 Å². The molecule has 0 bridgehead atoms. The van der Waals surface area contributed by atoms with Crippen molar-refractivity contribution >= 4 is 34.9 Å². The summed E-state index contributed by atoms with van der Waals surface area (Å²) < 4.78 is 10.5. The summed E-state index contributed by atoms with van der Waals surface area (Å²) in [6.45, 7) is 3.93. The fraction of sp³-hybridized carbons (Fsp3) is 0.385. The lowest BCUT2D eigenvalue weighted by Crippen LogP contribution is -2.44. The number of ether oxygens (including phenoxy) is 2. The third-order valence-corrected chi connectivity index (χ3v) is 7.44. The van der Waals surface area contributed by atoms with E-state index in [0.29, 0.717) is 6.42 Å². The predicted octanol–water partition coefficient (Wildman–Crippen LogP) is 4.10. The van der Waals surface area contributed by atoms with Gasteiger partial charge in [0.15, 0.2) is 24.8 Å². The van der Waals surface area contributed by atoms with Crippen molar-refractivity contribution in [2.75, 3.05) is 13.2 Å². The zero-order valence-corrected chi connectivity index (χ0v) is 21.0. The van der Waals surface area contributed by atoms with Gasteiger partial charge in [-0.2, -0.15) is 0 Å². The van der Waals surface area contributed by atoms with Gasteiger partial charge >= 0.3 is 11.9 Å². The van der Waals surface area contributed by atoms with Crippen LogP contribution in [0.4, 0.5) is 11.4 Å². The van der Waals surface area contributed by atoms with Crippen LogP contribution in [0.15, 0.2) is 48.5 Å². The van der Waals surface area contributed by atoms with Gasteiger partial charge in [-0.15, -0.1) is 0 Å². The molecule has 1 saturated carbocycles. The molecule has 2 aromatic carbocycles. The van der Waals surface area contributed by atoms with Crippen molar-refractivity contribution in [2.24, 2.45) is 16.7 Å². The van der Waals surface area contributed by atoms with E-state index in [1.807, 2.05) is 0 Å². The van der Waals surface area contributed by atoms with Gasteiger partial charge in [0.05, 0.1) is 21.2 Å². The monoisotopic (exact) mass is 526 g/mol. The molecule has 0 spiro atoms. The second-order valence-corrected chi connectivity index (χ2v) is 9.78. The van der Waals surface area contributed by atoms with Crippen LogP contribution < -0.4 is 0 Å². The Kier molecular flexibility index (Phi) is 8.04.